The summed E-state index contributed by atoms with van der Waals surface area (Å²) in [6, 6.07) is 9.25. The number of nitrogens with one attached hydrogen (secondary N) is 1. The fourth-order valence-corrected chi connectivity index (χ4v) is 5.11. The predicted octanol–water partition coefficient (Wildman–Crippen LogP) is 6.23. The molecule has 0 bridgehead atoms. The van der Waals surface area contributed by atoms with Gasteiger partial charge in [-0.2, -0.15) is 0 Å². The lowest BCUT2D eigenvalue weighted by atomic mass is 9.95. The summed E-state index contributed by atoms with van der Waals surface area (Å²) in [5.74, 6) is 0.711. The second kappa shape index (κ2) is 10.3. The van der Waals surface area contributed by atoms with E-state index in [1.54, 1.807) is 12.1 Å². The maximum atomic E-state index is 12.9. The Bertz CT molecular complexity index is 1160. The largest absolute Gasteiger partial charge is 0.486 e. The van der Waals surface area contributed by atoms with Crippen LogP contribution >= 0.6 is 11.3 Å². The second-order valence-electron chi connectivity index (χ2n) is 8.31. The molecule has 0 unspecified atom stereocenters. The first kappa shape index (κ1) is 23.1. The fraction of sp³-hybridized carbons (Fsp3) is 0.385. The van der Waals surface area contributed by atoms with Crippen LogP contribution in [0, 0.1) is 13.8 Å². The van der Waals surface area contributed by atoms with Crippen LogP contribution in [0.4, 0.5) is 5.00 Å². The molecule has 2 aromatic heterocycles. The van der Waals surface area contributed by atoms with Gasteiger partial charge >= 0.3 is 5.97 Å². The SMILES string of the molecule is CCCOC(=O)c1c(NC(=O)c2ccc(COc3ccc(C)c(C)c3)o2)sc2c1CCCC2. The highest BCUT2D eigenvalue weighted by Crippen LogP contribution is 2.39. The van der Waals surface area contributed by atoms with Crippen LogP contribution in [0.15, 0.2) is 34.7 Å². The molecule has 1 N–H and O–H groups in total. The Morgan fingerprint density at radius 2 is 1.91 bits per heavy atom. The van der Waals surface area contributed by atoms with Crippen molar-refractivity contribution in [2.75, 3.05) is 11.9 Å². The number of rotatable bonds is 8. The van der Waals surface area contributed by atoms with Gasteiger partial charge in [0.1, 0.15) is 23.1 Å². The van der Waals surface area contributed by atoms with Crippen LogP contribution < -0.4 is 10.1 Å². The van der Waals surface area contributed by atoms with Gasteiger partial charge in [0.25, 0.3) is 5.91 Å². The lowest BCUT2D eigenvalue weighted by Gasteiger charge is -2.12. The summed E-state index contributed by atoms with van der Waals surface area (Å²) in [5, 5.41) is 3.43. The van der Waals surface area contributed by atoms with Gasteiger partial charge < -0.3 is 19.2 Å². The predicted molar refractivity (Wildman–Crippen MR) is 128 cm³/mol. The number of furan rings is 1. The third kappa shape index (κ3) is 5.30. The van der Waals surface area contributed by atoms with Crippen LogP contribution in [0.25, 0.3) is 0 Å². The molecule has 1 aliphatic rings. The van der Waals surface area contributed by atoms with Gasteiger partial charge in [-0.25, -0.2) is 4.79 Å². The van der Waals surface area contributed by atoms with E-state index in [9.17, 15) is 9.59 Å². The van der Waals surface area contributed by atoms with Gasteiger partial charge in [-0.3, -0.25) is 4.79 Å². The molecule has 0 aliphatic heterocycles. The molecule has 0 fully saturated rings. The minimum absolute atomic E-state index is 0.174. The number of aryl methyl sites for hydroxylation is 3. The Balaban J connectivity index is 1.46. The molecular formula is C26H29NO5S. The molecule has 1 aliphatic carbocycles. The smallest absolute Gasteiger partial charge is 0.341 e. The first-order chi connectivity index (χ1) is 16.0. The minimum atomic E-state index is -0.393. The van der Waals surface area contributed by atoms with Gasteiger partial charge in [-0.15, -0.1) is 11.3 Å². The van der Waals surface area contributed by atoms with Gasteiger partial charge in [0.05, 0.1) is 12.2 Å². The zero-order chi connectivity index (χ0) is 23.4. The third-order valence-electron chi connectivity index (χ3n) is 5.78. The van der Waals surface area contributed by atoms with E-state index < -0.39 is 5.91 Å². The second-order valence-corrected chi connectivity index (χ2v) is 9.41. The molecule has 3 aromatic rings. The van der Waals surface area contributed by atoms with E-state index in [1.807, 2.05) is 32.0 Å². The molecule has 4 rings (SSSR count). The number of hydrogen-bond acceptors (Lipinski definition) is 6. The van der Waals surface area contributed by atoms with Crippen LogP contribution in [0.1, 0.15) is 74.4 Å². The summed E-state index contributed by atoms with van der Waals surface area (Å²) in [6.07, 6.45) is 4.63. The van der Waals surface area contributed by atoms with E-state index in [4.69, 9.17) is 13.9 Å². The molecule has 1 amide bonds. The number of thiophene rings is 1. The summed E-state index contributed by atoms with van der Waals surface area (Å²) in [6.45, 7) is 6.62. The molecule has 6 nitrogen and oxygen atoms in total. The Kier molecular flexibility index (Phi) is 7.18. The number of ether oxygens (including phenoxy) is 2. The lowest BCUT2D eigenvalue weighted by Crippen LogP contribution is -2.15. The molecule has 2 heterocycles. The van der Waals surface area contributed by atoms with Crippen molar-refractivity contribution in [3.8, 4) is 5.75 Å². The van der Waals surface area contributed by atoms with E-state index in [1.165, 1.54) is 16.9 Å². The average Bonchev–Trinajstić information content (AvgIpc) is 3.43. The highest BCUT2D eigenvalue weighted by Gasteiger charge is 2.28. The summed E-state index contributed by atoms with van der Waals surface area (Å²) >= 11 is 1.46. The highest BCUT2D eigenvalue weighted by molar-refractivity contribution is 7.17. The Labute approximate surface area is 197 Å². The highest BCUT2D eigenvalue weighted by atomic mass is 32.1. The molecule has 7 heteroatoms. The number of benzene rings is 1. The Hall–Kier alpha value is -3.06. The van der Waals surface area contributed by atoms with Gasteiger partial charge in [-0.1, -0.05) is 13.0 Å². The van der Waals surface area contributed by atoms with Crippen molar-refractivity contribution in [2.24, 2.45) is 0 Å². The summed E-state index contributed by atoms with van der Waals surface area (Å²) < 4.78 is 16.9. The number of esters is 1. The van der Waals surface area contributed by atoms with E-state index in [0.717, 1.165) is 53.9 Å². The zero-order valence-electron chi connectivity index (χ0n) is 19.3. The van der Waals surface area contributed by atoms with Crippen molar-refractivity contribution in [1.82, 2.24) is 0 Å². The van der Waals surface area contributed by atoms with Crippen molar-refractivity contribution in [3.63, 3.8) is 0 Å². The first-order valence-electron chi connectivity index (χ1n) is 11.4. The Morgan fingerprint density at radius 3 is 2.70 bits per heavy atom. The maximum Gasteiger partial charge on any atom is 0.341 e. The molecule has 0 spiro atoms. The average molecular weight is 468 g/mol. The molecular weight excluding hydrogens is 438 g/mol. The van der Waals surface area contributed by atoms with Gasteiger partial charge in [0, 0.05) is 4.88 Å². The Morgan fingerprint density at radius 1 is 1.09 bits per heavy atom. The van der Waals surface area contributed by atoms with Crippen LogP contribution in [0.2, 0.25) is 0 Å². The number of hydrogen-bond donors (Lipinski definition) is 1. The minimum Gasteiger partial charge on any atom is -0.486 e. The number of anilines is 1. The molecule has 0 saturated heterocycles. The summed E-state index contributed by atoms with van der Waals surface area (Å²) in [5.41, 5.74) is 3.87. The first-order valence-corrected chi connectivity index (χ1v) is 12.2. The van der Waals surface area contributed by atoms with Gasteiger partial charge in [-0.05, 0) is 86.9 Å². The van der Waals surface area contributed by atoms with E-state index in [2.05, 4.69) is 12.2 Å². The number of carbonyl (C=O) groups is 2. The van der Waals surface area contributed by atoms with E-state index in [0.29, 0.717) is 22.9 Å². The number of fused-ring (bicyclic) bond motifs is 1. The van der Waals surface area contributed by atoms with Gasteiger partial charge in [0.15, 0.2) is 5.76 Å². The topological polar surface area (TPSA) is 77.8 Å². The van der Waals surface area contributed by atoms with E-state index in [-0.39, 0.29) is 18.3 Å². The van der Waals surface area contributed by atoms with Crippen LogP contribution in [-0.4, -0.2) is 18.5 Å². The van der Waals surface area contributed by atoms with Crippen LogP contribution in [-0.2, 0) is 24.2 Å². The number of amides is 1. The van der Waals surface area contributed by atoms with Crippen molar-refractivity contribution >= 4 is 28.2 Å². The number of carbonyl (C=O) groups excluding carboxylic acids is 2. The van der Waals surface area contributed by atoms with Gasteiger partial charge in [0.2, 0.25) is 0 Å². The molecule has 1 aromatic carbocycles. The molecule has 174 valence electrons. The van der Waals surface area contributed by atoms with Crippen LogP contribution in [0.3, 0.4) is 0 Å². The zero-order valence-corrected chi connectivity index (χ0v) is 20.1. The van der Waals surface area contributed by atoms with Crippen molar-refractivity contribution in [2.45, 2.75) is 59.5 Å². The monoisotopic (exact) mass is 467 g/mol. The van der Waals surface area contributed by atoms with E-state index >= 15 is 0 Å². The quantitative estimate of drug-likeness (QED) is 0.397. The third-order valence-corrected chi connectivity index (χ3v) is 6.99. The molecule has 33 heavy (non-hydrogen) atoms. The normalized spacial score (nSPS) is 12.8. The molecule has 0 radical (unpaired) electrons. The maximum absolute atomic E-state index is 12.9. The summed E-state index contributed by atoms with van der Waals surface area (Å²) in [7, 11) is 0. The molecule has 0 atom stereocenters. The van der Waals surface area contributed by atoms with Crippen LogP contribution in [0.5, 0.6) is 5.75 Å². The van der Waals surface area contributed by atoms with Crippen molar-refractivity contribution in [1.29, 1.82) is 0 Å². The van der Waals surface area contributed by atoms with Crippen molar-refractivity contribution in [3.05, 3.63) is 69.0 Å². The standard InChI is InChI=1S/C26H29NO5S/c1-4-13-30-26(29)23-20-7-5-6-8-22(20)33-25(23)27-24(28)21-12-11-19(32-21)15-31-18-10-9-16(2)17(3)14-18/h9-12,14H,4-8,13,15H2,1-3H3,(H,27,28). The fourth-order valence-electron chi connectivity index (χ4n) is 3.84. The summed E-state index contributed by atoms with van der Waals surface area (Å²) in [4.78, 5) is 26.8. The molecule has 0 saturated carbocycles. The lowest BCUT2D eigenvalue weighted by molar-refractivity contribution is 0.0505. The van der Waals surface area contributed by atoms with Crippen molar-refractivity contribution < 1.29 is 23.5 Å².